The highest BCUT2D eigenvalue weighted by atomic mass is 35.5. The van der Waals surface area contributed by atoms with Gasteiger partial charge in [-0.1, -0.05) is 11.6 Å². The van der Waals surface area contributed by atoms with Gasteiger partial charge < -0.3 is 14.7 Å². The topological polar surface area (TPSA) is 49.8 Å². The molecule has 2 rings (SSSR count). The van der Waals surface area contributed by atoms with Gasteiger partial charge in [0.25, 0.3) is 5.91 Å². The van der Waals surface area contributed by atoms with Crippen molar-refractivity contribution in [3.05, 3.63) is 28.8 Å². The van der Waals surface area contributed by atoms with Crippen molar-refractivity contribution in [1.29, 1.82) is 0 Å². The number of halogens is 1. The molecular formula is C13H16ClNO3. The van der Waals surface area contributed by atoms with E-state index in [1.807, 2.05) is 0 Å². The van der Waals surface area contributed by atoms with Gasteiger partial charge in [0.05, 0.1) is 10.6 Å². The van der Waals surface area contributed by atoms with Crippen LogP contribution >= 0.6 is 11.6 Å². The molecule has 0 radical (unpaired) electrons. The number of nitrogens with zero attached hydrogens (tertiary/aromatic N) is 1. The van der Waals surface area contributed by atoms with Crippen LogP contribution in [0.2, 0.25) is 5.02 Å². The zero-order valence-electron chi connectivity index (χ0n) is 10.4. The molecule has 0 spiro atoms. The lowest BCUT2D eigenvalue weighted by atomic mass is 10.2. The third-order valence-corrected chi connectivity index (χ3v) is 3.27. The van der Waals surface area contributed by atoms with E-state index in [1.54, 1.807) is 32.3 Å². The summed E-state index contributed by atoms with van der Waals surface area (Å²) in [6.45, 7) is 0.148. The van der Waals surface area contributed by atoms with Crippen molar-refractivity contribution < 1.29 is 14.6 Å². The molecule has 4 nitrogen and oxygen atoms in total. The summed E-state index contributed by atoms with van der Waals surface area (Å²) in [6, 6.07) is 5.04. The van der Waals surface area contributed by atoms with Crippen molar-refractivity contribution in [2.24, 2.45) is 5.92 Å². The third-order valence-electron chi connectivity index (χ3n) is 2.96. The van der Waals surface area contributed by atoms with Crippen molar-refractivity contribution in [2.75, 3.05) is 20.7 Å². The van der Waals surface area contributed by atoms with Crippen LogP contribution in [0.4, 0.5) is 0 Å². The number of ether oxygens (including phenoxy) is 1. The molecule has 1 saturated carbocycles. The highest BCUT2D eigenvalue weighted by Gasteiger charge is 2.38. The first-order valence-electron chi connectivity index (χ1n) is 5.81. The van der Waals surface area contributed by atoms with E-state index in [9.17, 15) is 4.79 Å². The van der Waals surface area contributed by atoms with Crippen molar-refractivity contribution >= 4 is 17.5 Å². The number of rotatable bonds is 4. The monoisotopic (exact) mass is 269 g/mol. The van der Waals surface area contributed by atoms with Crippen LogP contribution < -0.4 is 4.74 Å². The van der Waals surface area contributed by atoms with Crippen molar-refractivity contribution in [2.45, 2.75) is 12.5 Å². The molecule has 0 heterocycles. The molecule has 2 atom stereocenters. The number of amides is 1. The van der Waals surface area contributed by atoms with Gasteiger partial charge in [-0.2, -0.15) is 0 Å². The van der Waals surface area contributed by atoms with Crippen LogP contribution in [0, 0.1) is 5.92 Å². The van der Waals surface area contributed by atoms with Gasteiger partial charge in [-0.05, 0) is 24.6 Å². The molecule has 0 aliphatic heterocycles. The van der Waals surface area contributed by atoms with Crippen LogP contribution in [0.15, 0.2) is 18.2 Å². The summed E-state index contributed by atoms with van der Waals surface area (Å²) >= 11 is 6.07. The predicted molar refractivity (Wildman–Crippen MR) is 69.1 cm³/mol. The summed E-state index contributed by atoms with van der Waals surface area (Å²) in [5, 5.41) is 9.31. The van der Waals surface area contributed by atoms with Crippen LogP contribution in [0.25, 0.3) is 0 Å². The minimum absolute atomic E-state index is 0.0708. The Hall–Kier alpha value is -1.26. The van der Waals surface area contributed by atoms with E-state index in [0.29, 0.717) is 16.3 Å². The second-order valence-corrected chi connectivity index (χ2v) is 5.08. The lowest BCUT2D eigenvalue weighted by Crippen LogP contribution is -2.21. The Morgan fingerprint density at radius 1 is 1.56 bits per heavy atom. The summed E-state index contributed by atoms with van der Waals surface area (Å²) in [7, 11) is 3.36. The number of hydrogen-bond acceptors (Lipinski definition) is 3. The Kier molecular flexibility index (Phi) is 3.78. The Morgan fingerprint density at radius 3 is 2.78 bits per heavy atom. The molecule has 1 aromatic rings. The highest BCUT2D eigenvalue weighted by Crippen LogP contribution is 2.35. The number of carbonyl (C=O) groups excluding carboxylic acids is 1. The van der Waals surface area contributed by atoms with Gasteiger partial charge in [-0.25, -0.2) is 0 Å². The fourth-order valence-electron chi connectivity index (χ4n) is 1.71. The molecule has 1 amide bonds. The fraction of sp³-hybridized carbons (Fsp3) is 0.462. The van der Waals surface area contributed by atoms with Crippen LogP contribution in [0.1, 0.15) is 16.8 Å². The highest BCUT2D eigenvalue weighted by molar-refractivity contribution is 6.34. The molecule has 1 aliphatic rings. The molecular weight excluding hydrogens is 254 g/mol. The molecule has 5 heteroatoms. The maximum Gasteiger partial charge on any atom is 0.254 e. The molecule has 1 N–H and O–H groups in total. The largest absolute Gasteiger partial charge is 0.490 e. The Bertz CT molecular complexity index is 462. The standard InChI is InChI=1S/C13H16ClNO3/c1-15(2)13(17)10-4-3-9(6-11(10)14)18-12-5-8(12)7-16/h3-4,6,8,12,16H,5,7H2,1-2H3. The SMILES string of the molecule is CN(C)C(=O)c1ccc(OC2CC2CO)cc1Cl. The lowest BCUT2D eigenvalue weighted by Gasteiger charge is -2.12. The number of hydrogen-bond donors (Lipinski definition) is 1. The molecule has 1 aromatic carbocycles. The van der Waals surface area contributed by atoms with E-state index in [1.165, 1.54) is 4.90 Å². The fourth-order valence-corrected chi connectivity index (χ4v) is 1.97. The number of benzene rings is 1. The molecule has 0 aromatic heterocycles. The van der Waals surface area contributed by atoms with Gasteiger partial charge in [0.2, 0.25) is 0 Å². The van der Waals surface area contributed by atoms with E-state index in [-0.39, 0.29) is 24.5 Å². The van der Waals surface area contributed by atoms with Gasteiger partial charge >= 0.3 is 0 Å². The molecule has 2 unspecified atom stereocenters. The summed E-state index contributed by atoms with van der Waals surface area (Å²) in [5.74, 6) is 0.731. The first-order valence-corrected chi connectivity index (χ1v) is 6.19. The lowest BCUT2D eigenvalue weighted by molar-refractivity contribution is 0.0827. The molecule has 18 heavy (non-hydrogen) atoms. The third kappa shape index (κ3) is 2.76. The average Bonchev–Trinajstić information content (AvgIpc) is 3.06. The Balaban J connectivity index is 2.08. The van der Waals surface area contributed by atoms with Crippen molar-refractivity contribution in [3.8, 4) is 5.75 Å². The van der Waals surface area contributed by atoms with E-state index in [4.69, 9.17) is 21.4 Å². The minimum atomic E-state index is -0.133. The average molecular weight is 270 g/mol. The van der Waals surface area contributed by atoms with Crippen LogP contribution in [-0.2, 0) is 0 Å². The number of aliphatic hydroxyl groups is 1. The van der Waals surface area contributed by atoms with Gasteiger partial charge in [0, 0.05) is 26.6 Å². The molecule has 1 fully saturated rings. The second-order valence-electron chi connectivity index (χ2n) is 4.68. The van der Waals surface area contributed by atoms with E-state index < -0.39 is 0 Å². The predicted octanol–water partition coefficient (Wildman–Crippen LogP) is 1.80. The first-order chi connectivity index (χ1) is 8.52. The number of carbonyl (C=O) groups is 1. The van der Waals surface area contributed by atoms with Gasteiger partial charge in [-0.15, -0.1) is 0 Å². The summed E-state index contributed by atoms with van der Waals surface area (Å²) < 4.78 is 5.64. The number of aliphatic hydroxyl groups excluding tert-OH is 1. The maximum atomic E-state index is 11.8. The van der Waals surface area contributed by atoms with Crippen molar-refractivity contribution in [1.82, 2.24) is 4.90 Å². The molecule has 1 aliphatic carbocycles. The smallest absolute Gasteiger partial charge is 0.254 e. The summed E-state index contributed by atoms with van der Waals surface area (Å²) in [4.78, 5) is 13.3. The van der Waals surface area contributed by atoms with E-state index in [2.05, 4.69) is 0 Å². The van der Waals surface area contributed by atoms with Gasteiger partial charge in [-0.3, -0.25) is 4.79 Å². The van der Waals surface area contributed by atoms with Gasteiger partial charge in [0.1, 0.15) is 11.9 Å². The van der Waals surface area contributed by atoms with E-state index in [0.717, 1.165) is 6.42 Å². The zero-order chi connectivity index (χ0) is 13.3. The molecule has 98 valence electrons. The Morgan fingerprint density at radius 2 is 2.28 bits per heavy atom. The minimum Gasteiger partial charge on any atom is -0.490 e. The van der Waals surface area contributed by atoms with Crippen LogP contribution in [-0.4, -0.2) is 42.7 Å². The first kappa shape index (κ1) is 13.2. The Labute approximate surface area is 111 Å². The van der Waals surface area contributed by atoms with Crippen molar-refractivity contribution in [3.63, 3.8) is 0 Å². The molecule has 0 saturated heterocycles. The maximum absolute atomic E-state index is 11.8. The second kappa shape index (κ2) is 5.16. The van der Waals surface area contributed by atoms with Gasteiger partial charge in [0.15, 0.2) is 0 Å². The van der Waals surface area contributed by atoms with Crippen LogP contribution in [0.3, 0.4) is 0 Å². The quantitative estimate of drug-likeness (QED) is 0.907. The zero-order valence-corrected chi connectivity index (χ0v) is 11.1. The van der Waals surface area contributed by atoms with Crippen LogP contribution in [0.5, 0.6) is 5.75 Å². The molecule has 0 bridgehead atoms. The normalized spacial score (nSPS) is 21.6. The van der Waals surface area contributed by atoms with E-state index >= 15 is 0 Å². The summed E-state index contributed by atoms with van der Waals surface area (Å²) in [5.41, 5.74) is 0.462. The summed E-state index contributed by atoms with van der Waals surface area (Å²) in [6.07, 6.45) is 0.938.